The topological polar surface area (TPSA) is 34.1 Å². The Kier molecular flexibility index (Phi) is 5.59. The molecule has 0 saturated carbocycles. The van der Waals surface area contributed by atoms with Crippen molar-refractivity contribution >= 4 is 11.6 Å². The van der Waals surface area contributed by atoms with E-state index < -0.39 is 0 Å². The Balaban J connectivity index is 2.14. The lowest BCUT2D eigenvalue weighted by Crippen LogP contribution is -2.21. The first kappa shape index (κ1) is 15.8. The van der Waals surface area contributed by atoms with Gasteiger partial charge in [-0.05, 0) is 29.7 Å². The molecule has 0 radical (unpaired) electrons. The highest BCUT2D eigenvalue weighted by Gasteiger charge is 2.09. The Morgan fingerprint density at radius 1 is 1.29 bits per heavy atom. The molecule has 0 atom stereocenters. The number of halogens is 1. The zero-order valence-electron chi connectivity index (χ0n) is 12.7. The van der Waals surface area contributed by atoms with Crippen LogP contribution in [0.1, 0.15) is 31.9 Å². The molecule has 0 bridgehead atoms. The van der Waals surface area contributed by atoms with Crippen LogP contribution >= 0.6 is 11.6 Å². The lowest BCUT2D eigenvalue weighted by Gasteiger charge is -2.12. The molecule has 0 unspecified atom stereocenters. The zero-order chi connectivity index (χ0) is 15.2. The Hall–Kier alpha value is -1.58. The van der Waals surface area contributed by atoms with Crippen LogP contribution in [0.15, 0.2) is 36.5 Å². The van der Waals surface area contributed by atoms with Crippen LogP contribution in [-0.4, -0.2) is 11.0 Å². The van der Waals surface area contributed by atoms with Gasteiger partial charge in [0.15, 0.2) is 0 Å². The quantitative estimate of drug-likeness (QED) is 0.847. The van der Waals surface area contributed by atoms with E-state index in [9.17, 15) is 0 Å². The van der Waals surface area contributed by atoms with Gasteiger partial charge in [-0.2, -0.15) is 0 Å². The fraction of sp³-hybridized carbons (Fsp3) is 0.353. The number of nitrogens with one attached hydrogen (secondary N) is 1. The predicted molar refractivity (Wildman–Crippen MR) is 87.1 cm³/mol. The number of aromatic nitrogens is 1. The molecule has 0 saturated heterocycles. The highest BCUT2D eigenvalue weighted by atomic mass is 35.5. The molecule has 4 heteroatoms. The maximum absolute atomic E-state index is 6.27. The summed E-state index contributed by atoms with van der Waals surface area (Å²) in [5.41, 5.74) is 2.19. The molecule has 112 valence electrons. The summed E-state index contributed by atoms with van der Waals surface area (Å²) < 4.78 is 5.85. The molecule has 0 aliphatic heterocycles. The number of aryl methyl sites for hydroxylation is 1. The second-order valence-corrected chi connectivity index (χ2v) is 5.64. The highest BCUT2D eigenvalue weighted by Crippen LogP contribution is 2.30. The van der Waals surface area contributed by atoms with Gasteiger partial charge < -0.3 is 10.1 Å². The fourth-order valence-corrected chi connectivity index (χ4v) is 2.19. The Labute approximate surface area is 131 Å². The van der Waals surface area contributed by atoms with E-state index in [0.29, 0.717) is 16.9 Å². The monoisotopic (exact) mass is 304 g/mol. The molecule has 21 heavy (non-hydrogen) atoms. The second-order valence-electron chi connectivity index (χ2n) is 5.23. The summed E-state index contributed by atoms with van der Waals surface area (Å²) >= 11 is 6.27. The van der Waals surface area contributed by atoms with Crippen LogP contribution in [-0.2, 0) is 13.0 Å². The maximum Gasteiger partial charge on any atom is 0.238 e. The van der Waals surface area contributed by atoms with Crippen molar-refractivity contribution in [3.8, 4) is 11.6 Å². The van der Waals surface area contributed by atoms with Gasteiger partial charge in [0.25, 0.3) is 0 Å². The molecular formula is C17H21ClN2O. The van der Waals surface area contributed by atoms with Crippen LogP contribution < -0.4 is 10.1 Å². The van der Waals surface area contributed by atoms with Crippen LogP contribution in [0.5, 0.6) is 11.6 Å². The summed E-state index contributed by atoms with van der Waals surface area (Å²) in [6, 6.07) is 10.3. The minimum absolute atomic E-state index is 0.427. The first-order chi connectivity index (χ1) is 10.1. The van der Waals surface area contributed by atoms with Gasteiger partial charge in [0.2, 0.25) is 5.88 Å². The molecule has 1 N–H and O–H groups in total. The predicted octanol–water partition coefficient (Wildman–Crippen LogP) is 4.59. The average Bonchev–Trinajstić information content (AvgIpc) is 2.48. The Morgan fingerprint density at radius 2 is 2.05 bits per heavy atom. The second kappa shape index (κ2) is 7.43. The van der Waals surface area contributed by atoms with E-state index in [-0.39, 0.29) is 0 Å². The number of benzene rings is 1. The Morgan fingerprint density at radius 3 is 2.71 bits per heavy atom. The van der Waals surface area contributed by atoms with Crippen LogP contribution in [0.4, 0.5) is 0 Å². The van der Waals surface area contributed by atoms with Crippen molar-refractivity contribution in [2.75, 3.05) is 0 Å². The normalized spacial score (nSPS) is 10.9. The fourth-order valence-electron chi connectivity index (χ4n) is 1.96. The minimum atomic E-state index is 0.427. The van der Waals surface area contributed by atoms with Gasteiger partial charge >= 0.3 is 0 Å². The van der Waals surface area contributed by atoms with E-state index in [4.69, 9.17) is 16.3 Å². The zero-order valence-corrected chi connectivity index (χ0v) is 13.4. The van der Waals surface area contributed by atoms with Gasteiger partial charge in [0.1, 0.15) is 10.8 Å². The van der Waals surface area contributed by atoms with Gasteiger partial charge in [0, 0.05) is 18.8 Å². The van der Waals surface area contributed by atoms with Crippen molar-refractivity contribution in [3.05, 3.63) is 52.7 Å². The van der Waals surface area contributed by atoms with Crippen LogP contribution in [0, 0.1) is 0 Å². The van der Waals surface area contributed by atoms with Crippen molar-refractivity contribution in [1.82, 2.24) is 10.3 Å². The lowest BCUT2D eigenvalue weighted by molar-refractivity contribution is 0.457. The summed E-state index contributed by atoms with van der Waals surface area (Å²) in [5, 5.41) is 3.87. The molecule has 1 aromatic heterocycles. The molecule has 2 rings (SSSR count). The molecule has 0 spiro atoms. The van der Waals surface area contributed by atoms with Crippen LogP contribution in [0.2, 0.25) is 5.02 Å². The molecule has 0 amide bonds. The summed E-state index contributed by atoms with van der Waals surface area (Å²) in [5.74, 6) is 1.26. The third-order valence-corrected chi connectivity index (χ3v) is 3.41. The average molecular weight is 305 g/mol. The molecule has 0 fully saturated rings. The van der Waals surface area contributed by atoms with Crippen molar-refractivity contribution < 1.29 is 4.74 Å². The summed E-state index contributed by atoms with van der Waals surface area (Å²) in [6.07, 6.45) is 2.70. The summed E-state index contributed by atoms with van der Waals surface area (Å²) in [7, 11) is 0. The Bertz CT molecular complexity index is 599. The SMILES string of the molecule is CCc1ccccc1Oc1ncc(CNC(C)C)cc1Cl. The summed E-state index contributed by atoms with van der Waals surface area (Å²) in [6.45, 7) is 7.05. The van der Waals surface area contributed by atoms with E-state index in [1.54, 1.807) is 6.20 Å². The first-order valence-electron chi connectivity index (χ1n) is 7.23. The summed E-state index contributed by atoms with van der Waals surface area (Å²) in [4.78, 5) is 4.33. The van der Waals surface area contributed by atoms with Crippen molar-refractivity contribution in [3.63, 3.8) is 0 Å². The third-order valence-electron chi connectivity index (χ3n) is 3.14. The molecule has 2 aromatic rings. The number of hydrogen-bond acceptors (Lipinski definition) is 3. The van der Waals surface area contributed by atoms with Crippen molar-refractivity contribution in [1.29, 1.82) is 0 Å². The number of para-hydroxylation sites is 1. The van der Waals surface area contributed by atoms with E-state index >= 15 is 0 Å². The molecule has 0 aliphatic carbocycles. The number of nitrogens with zero attached hydrogens (tertiary/aromatic N) is 1. The maximum atomic E-state index is 6.27. The molecule has 0 aliphatic rings. The molecular weight excluding hydrogens is 284 g/mol. The van der Waals surface area contributed by atoms with E-state index in [2.05, 4.69) is 31.1 Å². The van der Waals surface area contributed by atoms with Gasteiger partial charge in [-0.15, -0.1) is 0 Å². The number of hydrogen-bond donors (Lipinski definition) is 1. The number of pyridine rings is 1. The number of rotatable bonds is 6. The largest absolute Gasteiger partial charge is 0.437 e. The van der Waals surface area contributed by atoms with Crippen molar-refractivity contribution in [2.24, 2.45) is 0 Å². The lowest BCUT2D eigenvalue weighted by atomic mass is 10.1. The smallest absolute Gasteiger partial charge is 0.238 e. The van der Waals surface area contributed by atoms with Crippen molar-refractivity contribution in [2.45, 2.75) is 39.8 Å². The van der Waals surface area contributed by atoms with E-state index in [0.717, 1.165) is 29.8 Å². The van der Waals surface area contributed by atoms with Crippen LogP contribution in [0.25, 0.3) is 0 Å². The molecule has 1 heterocycles. The number of ether oxygens (including phenoxy) is 1. The highest BCUT2D eigenvalue weighted by molar-refractivity contribution is 6.31. The van der Waals surface area contributed by atoms with Gasteiger partial charge in [-0.3, -0.25) is 0 Å². The molecule has 3 nitrogen and oxygen atoms in total. The van der Waals surface area contributed by atoms with Gasteiger partial charge in [-0.25, -0.2) is 4.98 Å². The van der Waals surface area contributed by atoms with Gasteiger partial charge in [0.05, 0.1) is 0 Å². The van der Waals surface area contributed by atoms with E-state index in [1.807, 2.05) is 30.3 Å². The third kappa shape index (κ3) is 4.45. The van der Waals surface area contributed by atoms with Gasteiger partial charge in [-0.1, -0.05) is 50.6 Å². The first-order valence-corrected chi connectivity index (χ1v) is 7.61. The standard InChI is InChI=1S/C17H21ClN2O/c1-4-14-7-5-6-8-16(14)21-17-15(18)9-13(11-20-17)10-19-12(2)3/h5-9,11-12,19H,4,10H2,1-3H3. The van der Waals surface area contributed by atoms with E-state index in [1.165, 1.54) is 0 Å². The minimum Gasteiger partial charge on any atom is -0.437 e. The molecule has 1 aromatic carbocycles. The van der Waals surface area contributed by atoms with Crippen LogP contribution in [0.3, 0.4) is 0 Å².